The molecule has 328 valence electrons. The van der Waals surface area contributed by atoms with Crippen molar-refractivity contribution in [3.8, 4) is 0 Å². The molecule has 0 rings (SSSR count). The molecule has 57 heavy (non-hydrogen) atoms. The van der Waals surface area contributed by atoms with Crippen molar-refractivity contribution >= 4 is 23.8 Å². The molecule has 9 nitrogen and oxygen atoms in total. The Kier molecular flexibility index (Phi) is 40.0. The zero-order chi connectivity index (χ0) is 41.9. The predicted molar refractivity (Wildman–Crippen MR) is 236 cm³/mol. The number of rotatable bonds is 41. The Morgan fingerprint density at radius 3 is 1.46 bits per heavy atom. The van der Waals surface area contributed by atoms with E-state index in [4.69, 9.17) is 14.9 Å². The zero-order valence-corrected chi connectivity index (χ0v) is 36.3. The van der Waals surface area contributed by atoms with Crippen LogP contribution in [0.5, 0.6) is 0 Å². The Morgan fingerprint density at radius 1 is 0.544 bits per heavy atom. The summed E-state index contributed by atoms with van der Waals surface area (Å²) in [6.45, 7) is 3.32. The van der Waals surface area contributed by atoms with Crippen LogP contribution >= 0.6 is 0 Å². The van der Waals surface area contributed by atoms with Crippen LogP contribution in [-0.2, 0) is 23.9 Å². The second-order valence-electron chi connectivity index (χ2n) is 15.5. The third-order valence-corrected chi connectivity index (χ3v) is 10.1. The molecule has 0 aliphatic rings. The summed E-state index contributed by atoms with van der Waals surface area (Å²) >= 11 is 0. The molecule has 0 aliphatic carbocycles. The molecule has 4 N–H and O–H groups in total. The Bertz CT molecular complexity index is 1100. The Labute approximate surface area is 348 Å². The van der Waals surface area contributed by atoms with Gasteiger partial charge in [-0.2, -0.15) is 0 Å². The van der Waals surface area contributed by atoms with Crippen LogP contribution in [0.2, 0.25) is 0 Å². The molecule has 0 radical (unpaired) electrons. The Hall–Kier alpha value is -3.20. The first-order valence-corrected chi connectivity index (χ1v) is 23.0. The average Bonchev–Trinajstić information content (AvgIpc) is 3.19. The molecule has 9 heteroatoms. The lowest BCUT2D eigenvalue weighted by molar-refractivity contribution is -0.147. The van der Waals surface area contributed by atoms with E-state index in [1.54, 1.807) is 0 Å². The van der Waals surface area contributed by atoms with Gasteiger partial charge in [-0.15, -0.1) is 0 Å². The van der Waals surface area contributed by atoms with Crippen molar-refractivity contribution in [1.82, 2.24) is 10.6 Å². The van der Waals surface area contributed by atoms with Crippen molar-refractivity contribution in [1.29, 1.82) is 0 Å². The number of allylic oxidation sites excluding steroid dienone is 7. The van der Waals surface area contributed by atoms with Crippen molar-refractivity contribution in [3.05, 3.63) is 48.6 Å². The average molecular weight is 801 g/mol. The number of carboxylic acid groups (broad SMARTS) is 1. The van der Waals surface area contributed by atoms with E-state index in [1.807, 2.05) is 12.2 Å². The number of hydrogen-bond donors (Lipinski definition) is 4. The number of carbonyl (C=O) groups is 4. The van der Waals surface area contributed by atoms with Gasteiger partial charge in [-0.05, 0) is 57.4 Å². The lowest BCUT2D eigenvalue weighted by Gasteiger charge is -2.15. The molecule has 0 fully saturated rings. The maximum absolute atomic E-state index is 12.8. The number of amides is 2. The third kappa shape index (κ3) is 39.4. The van der Waals surface area contributed by atoms with Crippen LogP contribution in [-0.4, -0.2) is 59.3 Å². The number of aliphatic hydroxyl groups excluding tert-OH is 1. The fraction of sp³-hybridized carbons (Fsp3) is 0.750. The van der Waals surface area contributed by atoms with Gasteiger partial charge in [-0.25, -0.2) is 4.79 Å². The van der Waals surface area contributed by atoms with Crippen molar-refractivity contribution in [2.75, 3.05) is 13.2 Å². The number of unbranched alkanes of at least 4 members (excludes halogenated alkanes) is 21. The van der Waals surface area contributed by atoms with Gasteiger partial charge in [0.05, 0.1) is 13.2 Å². The highest BCUT2D eigenvalue weighted by Gasteiger charge is 2.19. The van der Waals surface area contributed by atoms with E-state index in [1.165, 1.54) is 109 Å². The van der Waals surface area contributed by atoms with Crippen molar-refractivity contribution in [3.63, 3.8) is 0 Å². The van der Waals surface area contributed by atoms with Gasteiger partial charge in [0.2, 0.25) is 11.8 Å². The molecule has 0 saturated heterocycles. The highest BCUT2D eigenvalue weighted by molar-refractivity contribution is 5.87. The molecule has 0 aromatic rings. The monoisotopic (exact) mass is 801 g/mol. The van der Waals surface area contributed by atoms with Gasteiger partial charge in [0, 0.05) is 12.8 Å². The first kappa shape index (κ1) is 53.8. The molecule has 0 aromatic heterocycles. The maximum Gasteiger partial charge on any atom is 0.328 e. The number of ether oxygens (including phenoxy) is 1. The lowest BCUT2D eigenvalue weighted by Crippen LogP contribution is -2.47. The molecule has 2 unspecified atom stereocenters. The minimum Gasteiger partial charge on any atom is -0.480 e. The molecular weight excluding hydrogens is 717 g/mol. The van der Waals surface area contributed by atoms with E-state index >= 15 is 0 Å². The standard InChI is InChI=1S/C48H84N2O7/c1-3-5-7-9-11-13-15-16-17-18-19-20-21-22-23-25-27-29-31-36-40-47(54)57-43(37-33-30-28-26-24-14-12-10-8-6-4-2)38-34-32-35-39-45(52)49-41-46(53)50-44(42-51)48(55)56/h6,8,12,14,26,28,33,37,43-44,51H,3-5,7,9-11,13,15-25,27,29-32,34-36,38-42H2,1-2H3,(H,49,52)(H,50,53)(H,55,56)/b8-6-,14-12-,28-26-,37-33-. The molecule has 0 bridgehead atoms. The molecule has 0 spiro atoms. The number of esters is 1. The summed E-state index contributed by atoms with van der Waals surface area (Å²) in [5.41, 5.74) is 0. The van der Waals surface area contributed by atoms with Crippen molar-refractivity contribution < 1.29 is 34.1 Å². The third-order valence-electron chi connectivity index (χ3n) is 10.1. The summed E-state index contributed by atoms with van der Waals surface area (Å²) in [6.07, 6.45) is 50.2. The molecule has 0 aliphatic heterocycles. The number of aliphatic hydroxyl groups is 1. The molecular formula is C48H84N2O7. The predicted octanol–water partition coefficient (Wildman–Crippen LogP) is 11.5. The highest BCUT2D eigenvalue weighted by atomic mass is 16.5. The second kappa shape index (κ2) is 42.4. The van der Waals surface area contributed by atoms with Gasteiger partial charge in [0.1, 0.15) is 12.1 Å². The summed E-state index contributed by atoms with van der Waals surface area (Å²) in [7, 11) is 0. The summed E-state index contributed by atoms with van der Waals surface area (Å²) < 4.78 is 5.88. The zero-order valence-electron chi connectivity index (χ0n) is 36.3. The van der Waals surface area contributed by atoms with Gasteiger partial charge in [0.15, 0.2) is 0 Å². The van der Waals surface area contributed by atoms with Gasteiger partial charge < -0.3 is 25.6 Å². The van der Waals surface area contributed by atoms with E-state index in [0.29, 0.717) is 19.3 Å². The summed E-state index contributed by atoms with van der Waals surface area (Å²) in [5, 5.41) is 22.6. The van der Waals surface area contributed by atoms with Crippen molar-refractivity contribution in [2.24, 2.45) is 0 Å². The van der Waals surface area contributed by atoms with E-state index in [-0.39, 0.29) is 30.9 Å². The first-order chi connectivity index (χ1) is 27.8. The molecule has 2 amide bonds. The van der Waals surface area contributed by atoms with E-state index in [2.05, 4.69) is 60.9 Å². The van der Waals surface area contributed by atoms with E-state index < -0.39 is 24.5 Å². The minimum absolute atomic E-state index is 0.158. The summed E-state index contributed by atoms with van der Waals surface area (Å²) in [5.74, 6) is -2.49. The van der Waals surface area contributed by atoms with Crippen LogP contribution in [0.25, 0.3) is 0 Å². The molecule has 0 heterocycles. The Balaban J connectivity index is 4.31. The van der Waals surface area contributed by atoms with Crippen LogP contribution < -0.4 is 10.6 Å². The normalized spacial score (nSPS) is 12.9. The van der Waals surface area contributed by atoms with E-state index in [9.17, 15) is 19.2 Å². The maximum atomic E-state index is 12.8. The molecule has 2 atom stereocenters. The number of aliphatic carboxylic acids is 1. The number of carbonyl (C=O) groups excluding carboxylic acids is 3. The topological polar surface area (TPSA) is 142 Å². The SMILES string of the molecule is CC/C=C\C/C=C\C/C=C\C/C=C\C(CCCCCC(=O)NCC(=O)NC(CO)C(=O)O)OC(=O)CCCCCCCCCCCCCCCCCCCCCC. The quantitative estimate of drug-likeness (QED) is 0.0274. The largest absolute Gasteiger partial charge is 0.480 e. The van der Waals surface area contributed by atoms with Crippen LogP contribution in [0.3, 0.4) is 0 Å². The summed E-state index contributed by atoms with van der Waals surface area (Å²) in [6, 6.07) is -1.40. The smallest absolute Gasteiger partial charge is 0.328 e. The van der Waals surface area contributed by atoms with Gasteiger partial charge >= 0.3 is 11.9 Å². The minimum atomic E-state index is -1.40. The molecule has 0 aromatic carbocycles. The first-order valence-electron chi connectivity index (χ1n) is 23.0. The molecule has 0 saturated carbocycles. The fourth-order valence-corrected chi connectivity index (χ4v) is 6.57. The van der Waals surface area contributed by atoms with Crippen molar-refractivity contribution in [2.45, 2.75) is 219 Å². The fourth-order valence-electron chi connectivity index (χ4n) is 6.57. The second-order valence-corrected chi connectivity index (χ2v) is 15.5. The highest BCUT2D eigenvalue weighted by Crippen LogP contribution is 2.16. The van der Waals surface area contributed by atoms with Crippen LogP contribution in [0.15, 0.2) is 48.6 Å². The van der Waals surface area contributed by atoms with Gasteiger partial charge in [-0.3, -0.25) is 14.4 Å². The Morgan fingerprint density at radius 2 is 0.982 bits per heavy atom. The number of hydrogen-bond acceptors (Lipinski definition) is 6. The van der Waals surface area contributed by atoms with Crippen LogP contribution in [0.4, 0.5) is 0 Å². The van der Waals surface area contributed by atoms with E-state index in [0.717, 1.165) is 57.8 Å². The number of carboxylic acids is 1. The van der Waals surface area contributed by atoms with Gasteiger partial charge in [-0.1, -0.05) is 185 Å². The van der Waals surface area contributed by atoms with Gasteiger partial charge in [0.25, 0.3) is 0 Å². The van der Waals surface area contributed by atoms with Crippen LogP contribution in [0, 0.1) is 0 Å². The summed E-state index contributed by atoms with van der Waals surface area (Å²) in [4.78, 5) is 47.7. The van der Waals surface area contributed by atoms with Crippen LogP contribution in [0.1, 0.15) is 206 Å². The number of nitrogens with one attached hydrogen (secondary N) is 2. The lowest BCUT2D eigenvalue weighted by atomic mass is 10.0.